The third kappa shape index (κ3) is 6.01. The number of hydrogen-bond donors (Lipinski definition) is 2. The third-order valence-electron chi connectivity index (χ3n) is 7.05. The van der Waals surface area contributed by atoms with Crippen molar-refractivity contribution in [1.82, 2.24) is 19.9 Å². The molecule has 1 unspecified atom stereocenters. The number of halogens is 2. The molecule has 0 spiro atoms. The molecule has 2 aromatic heterocycles. The number of nitrogens with one attached hydrogen (secondary N) is 2. The van der Waals surface area contributed by atoms with Crippen molar-refractivity contribution in [3.05, 3.63) is 28.4 Å². The molecule has 0 amide bonds. The lowest BCUT2D eigenvalue weighted by atomic mass is 10.1. The van der Waals surface area contributed by atoms with Crippen LogP contribution in [-0.4, -0.2) is 79.5 Å². The summed E-state index contributed by atoms with van der Waals surface area (Å²) in [5.41, 5.74) is 1.85. The molecule has 0 aliphatic carbocycles. The van der Waals surface area contributed by atoms with E-state index in [4.69, 9.17) is 47.4 Å². The molecule has 2 N–H and O–H groups in total. The minimum atomic E-state index is 0.198. The molecule has 0 radical (unpaired) electrons. The van der Waals surface area contributed by atoms with Gasteiger partial charge in [0.15, 0.2) is 5.82 Å². The fourth-order valence-electron chi connectivity index (χ4n) is 4.98. The zero-order valence-corrected chi connectivity index (χ0v) is 23.4. The highest BCUT2D eigenvalue weighted by molar-refractivity contribution is 6.41. The Hall–Kier alpha value is -2.59. The van der Waals surface area contributed by atoms with E-state index in [1.54, 1.807) is 26.5 Å². The molecular formula is C27H34Cl2N6O3. The Bertz CT molecular complexity index is 1240. The van der Waals surface area contributed by atoms with Crippen molar-refractivity contribution in [1.29, 1.82) is 0 Å². The number of benzene rings is 1. The molecule has 4 heterocycles. The Labute approximate surface area is 233 Å². The quantitative estimate of drug-likeness (QED) is 0.294. The van der Waals surface area contributed by atoms with Crippen LogP contribution in [0.2, 0.25) is 10.0 Å². The van der Waals surface area contributed by atoms with Gasteiger partial charge in [0, 0.05) is 36.4 Å². The van der Waals surface area contributed by atoms with Gasteiger partial charge in [0.1, 0.15) is 17.0 Å². The summed E-state index contributed by atoms with van der Waals surface area (Å²) in [6.45, 7) is 5.72. The Morgan fingerprint density at radius 3 is 2.50 bits per heavy atom. The number of pyridine rings is 1. The van der Waals surface area contributed by atoms with Gasteiger partial charge < -0.3 is 29.7 Å². The zero-order valence-electron chi connectivity index (χ0n) is 21.9. The SMILES string of the molecule is COc1cc(OC)c(Cl)c(-c2cc3cnc(NC4CCOC4)nc3c(NCCCCN3CCCC3)n2)c1Cl. The summed E-state index contributed by atoms with van der Waals surface area (Å²) >= 11 is 13.5. The summed E-state index contributed by atoms with van der Waals surface area (Å²) in [6.07, 6.45) is 7.49. The molecule has 5 rings (SSSR count). The van der Waals surface area contributed by atoms with Gasteiger partial charge >= 0.3 is 0 Å². The van der Waals surface area contributed by atoms with Crippen molar-refractivity contribution in [2.45, 2.75) is 38.1 Å². The van der Waals surface area contributed by atoms with Crippen LogP contribution in [0.5, 0.6) is 11.5 Å². The predicted octanol–water partition coefficient (Wildman–Crippen LogP) is 5.50. The van der Waals surface area contributed by atoms with E-state index in [1.807, 2.05) is 6.07 Å². The second-order valence-electron chi connectivity index (χ2n) is 9.66. The molecule has 1 aromatic carbocycles. The molecule has 204 valence electrons. The Balaban J connectivity index is 1.47. The van der Waals surface area contributed by atoms with Crippen LogP contribution >= 0.6 is 23.2 Å². The van der Waals surface area contributed by atoms with Crippen LogP contribution < -0.4 is 20.1 Å². The van der Waals surface area contributed by atoms with Gasteiger partial charge in [-0.15, -0.1) is 0 Å². The summed E-state index contributed by atoms with van der Waals surface area (Å²) in [7, 11) is 3.11. The molecular weight excluding hydrogens is 527 g/mol. The number of unbranched alkanes of at least 4 members (excludes halogenated alkanes) is 1. The largest absolute Gasteiger partial charge is 0.495 e. The standard InChI is InChI=1S/C27H34Cl2N6O3/c1-36-20-14-21(37-2)24(29)22(23(20)28)19-13-17-15-31-27(32-18-7-12-38-16-18)34-25(17)26(33-19)30-8-3-4-9-35-10-5-6-11-35/h13-15,18H,3-12,16H2,1-2H3,(H,30,33)(H,31,32,34). The van der Waals surface area contributed by atoms with Crippen LogP contribution in [0.25, 0.3) is 22.2 Å². The van der Waals surface area contributed by atoms with Gasteiger partial charge in [0.25, 0.3) is 0 Å². The fourth-order valence-corrected chi connectivity index (χ4v) is 5.67. The van der Waals surface area contributed by atoms with Gasteiger partial charge in [-0.2, -0.15) is 0 Å². The average Bonchev–Trinajstić information content (AvgIpc) is 3.64. The highest BCUT2D eigenvalue weighted by atomic mass is 35.5. The molecule has 9 nitrogen and oxygen atoms in total. The molecule has 38 heavy (non-hydrogen) atoms. The second-order valence-corrected chi connectivity index (χ2v) is 10.4. The number of ether oxygens (including phenoxy) is 3. The van der Waals surface area contributed by atoms with Crippen LogP contribution in [0, 0.1) is 0 Å². The van der Waals surface area contributed by atoms with E-state index in [0.717, 1.165) is 49.9 Å². The van der Waals surface area contributed by atoms with Crippen LogP contribution in [0.3, 0.4) is 0 Å². The maximum absolute atomic E-state index is 6.73. The molecule has 2 fully saturated rings. The van der Waals surface area contributed by atoms with Gasteiger partial charge in [-0.3, -0.25) is 0 Å². The van der Waals surface area contributed by atoms with Crippen LogP contribution in [0.4, 0.5) is 11.8 Å². The predicted molar refractivity (Wildman–Crippen MR) is 152 cm³/mol. The van der Waals surface area contributed by atoms with E-state index in [9.17, 15) is 0 Å². The lowest BCUT2D eigenvalue weighted by Crippen LogP contribution is -2.21. The van der Waals surface area contributed by atoms with E-state index >= 15 is 0 Å². The van der Waals surface area contributed by atoms with Crippen LogP contribution in [0.15, 0.2) is 18.3 Å². The molecule has 0 saturated carbocycles. The topological polar surface area (TPSA) is 93.7 Å². The highest BCUT2D eigenvalue weighted by Gasteiger charge is 2.22. The Morgan fingerprint density at radius 1 is 1.05 bits per heavy atom. The van der Waals surface area contributed by atoms with E-state index in [0.29, 0.717) is 51.2 Å². The monoisotopic (exact) mass is 560 g/mol. The number of aromatic nitrogens is 3. The highest BCUT2D eigenvalue weighted by Crippen LogP contribution is 2.46. The smallest absolute Gasteiger partial charge is 0.223 e. The van der Waals surface area contributed by atoms with Crippen molar-refractivity contribution in [3.63, 3.8) is 0 Å². The molecule has 2 saturated heterocycles. The Kier molecular flexibility index (Phi) is 8.89. The van der Waals surface area contributed by atoms with Crippen molar-refractivity contribution < 1.29 is 14.2 Å². The summed E-state index contributed by atoms with van der Waals surface area (Å²) in [5.74, 6) is 2.12. The molecule has 2 aliphatic rings. The molecule has 0 bridgehead atoms. The van der Waals surface area contributed by atoms with Crippen LogP contribution in [0.1, 0.15) is 32.1 Å². The minimum absolute atomic E-state index is 0.198. The summed E-state index contributed by atoms with van der Waals surface area (Å²) in [5, 5.41) is 8.44. The summed E-state index contributed by atoms with van der Waals surface area (Å²) in [4.78, 5) is 16.9. The maximum Gasteiger partial charge on any atom is 0.223 e. The molecule has 11 heteroatoms. The first-order valence-electron chi connectivity index (χ1n) is 13.2. The number of likely N-dealkylation sites (tertiary alicyclic amines) is 1. The van der Waals surface area contributed by atoms with Crippen LogP contribution in [-0.2, 0) is 4.74 Å². The lowest BCUT2D eigenvalue weighted by Gasteiger charge is -2.17. The van der Waals surface area contributed by atoms with Crippen molar-refractivity contribution in [2.75, 3.05) is 64.2 Å². The first-order valence-corrected chi connectivity index (χ1v) is 13.9. The fraction of sp³-hybridized carbons (Fsp3) is 0.519. The van der Waals surface area contributed by atoms with E-state index in [-0.39, 0.29) is 6.04 Å². The number of anilines is 2. The number of rotatable bonds is 11. The first-order chi connectivity index (χ1) is 18.6. The average molecular weight is 562 g/mol. The second kappa shape index (κ2) is 12.5. The number of fused-ring (bicyclic) bond motifs is 1. The summed E-state index contributed by atoms with van der Waals surface area (Å²) in [6, 6.07) is 3.76. The van der Waals surface area contributed by atoms with Crippen molar-refractivity contribution in [2.24, 2.45) is 0 Å². The number of hydrogen-bond acceptors (Lipinski definition) is 9. The first kappa shape index (κ1) is 27.0. The van der Waals surface area contributed by atoms with E-state index in [2.05, 4.69) is 20.5 Å². The van der Waals surface area contributed by atoms with Gasteiger partial charge in [-0.1, -0.05) is 23.2 Å². The normalized spacial score (nSPS) is 17.7. The van der Waals surface area contributed by atoms with Gasteiger partial charge in [0.2, 0.25) is 5.95 Å². The van der Waals surface area contributed by atoms with Gasteiger partial charge in [-0.05, 0) is 57.8 Å². The Morgan fingerprint density at radius 2 is 1.82 bits per heavy atom. The number of nitrogens with zero attached hydrogens (tertiary/aromatic N) is 4. The molecule has 3 aromatic rings. The maximum atomic E-state index is 6.73. The number of methoxy groups -OCH3 is 2. The van der Waals surface area contributed by atoms with Gasteiger partial charge in [-0.25, -0.2) is 15.0 Å². The molecule has 1 atom stereocenters. The summed E-state index contributed by atoms with van der Waals surface area (Å²) < 4.78 is 16.4. The molecule has 2 aliphatic heterocycles. The lowest BCUT2D eigenvalue weighted by molar-refractivity contribution is 0.195. The minimum Gasteiger partial charge on any atom is -0.495 e. The van der Waals surface area contributed by atoms with Crippen molar-refractivity contribution in [3.8, 4) is 22.8 Å². The zero-order chi connectivity index (χ0) is 26.5. The van der Waals surface area contributed by atoms with Crippen molar-refractivity contribution >= 4 is 45.9 Å². The van der Waals surface area contributed by atoms with E-state index in [1.165, 1.54) is 25.9 Å². The third-order valence-corrected chi connectivity index (χ3v) is 7.80. The van der Waals surface area contributed by atoms with Gasteiger partial charge in [0.05, 0.1) is 42.6 Å². The van der Waals surface area contributed by atoms with E-state index < -0.39 is 0 Å².